The zero-order valence-electron chi connectivity index (χ0n) is 18.9. The number of rotatable bonds is 8. The minimum atomic E-state index is -0.493. The Balaban J connectivity index is 1.54. The molecular weight excluding hydrogens is 524 g/mol. The average molecular weight is 547 g/mol. The van der Waals surface area contributed by atoms with Gasteiger partial charge in [-0.2, -0.15) is 0 Å². The van der Waals surface area contributed by atoms with Crippen LogP contribution in [0.25, 0.3) is 0 Å². The van der Waals surface area contributed by atoms with Gasteiger partial charge in [-0.3, -0.25) is 9.59 Å². The lowest BCUT2D eigenvalue weighted by Gasteiger charge is -2.18. The first-order valence-electron chi connectivity index (χ1n) is 10.9. The van der Waals surface area contributed by atoms with Crippen LogP contribution in [-0.4, -0.2) is 18.9 Å². The zero-order valence-corrected chi connectivity index (χ0v) is 21.3. The highest BCUT2D eigenvalue weighted by atomic mass is 79.9. The molecule has 35 heavy (non-hydrogen) atoms. The quantitative estimate of drug-likeness (QED) is 0.229. The first-order valence-corrected chi connectivity index (χ1v) is 12.5. The highest BCUT2D eigenvalue weighted by Crippen LogP contribution is 2.37. The van der Waals surface area contributed by atoms with Gasteiger partial charge in [-0.25, -0.2) is 0 Å². The van der Waals surface area contributed by atoms with Crippen molar-refractivity contribution in [3.63, 3.8) is 0 Å². The van der Waals surface area contributed by atoms with E-state index in [0.29, 0.717) is 22.7 Å². The van der Waals surface area contributed by atoms with Crippen molar-refractivity contribution in [2.45, 2.75) is 10.1 Å². The van der Waals surface area contributed by atoms with Crippen molar-refractivity contribution in [3.05, 3.63) is 119 Å². The highest BCUT2D eigenvalue weighted by Gasteiger charge is 2.23. The maximum Gasteiger partial charge on any atom is 0.255 e. The molecule has 0 fully saturated rings. The summed E-state index contributed by atoms with van der Waals surface area (Å²) in [6.07, 6.45) is 0. The van der Waals surface area contributed by atoms with Gasteiger partial charge in [-0.1, -0.05) is 54.6 Å². The lowest BCUT2D eigenvalue weighted by Crippen LogP contribution is -2.19. The van der Waals surface area contributed by atoms with Crippen molar-refractivity contribution < 1.29 is 14.3 Å². The molecule has 2 amide bonds. The topological polar surface area (TPSA) is 67.4 Å². The lowest BCUT2D eigenvalue weighted by molar-refractivity contribution is -0.115. The van der Waals surface area contributed by atoms with E-state index in [4.69, 9.17) is 4.74 Å². The van der Waals surface area contributed by atoms with Crippen LogP contribution >= 0.6 is 27.7 Å². The van der Waals surface area contributed by atoms with Crippen LogP contribution in [0.3, 0.4) is 0 Å². The summed E-state index contributed by atoms with van der Waals surface area (Å²) in [5.74, 6) is 0.236. The number of methoxy groups -OCH3 is 1. The number of anilines is 2. The monoisotopic (exact) mass is 546 g/mol. The number of halogens is 1. The number of nitrogens with one attached hydrogen (secondary N) is 2. The van der Waals surface area contributed by atoms with E-state index in [-0.39, 0.29) is 11.8 Å². The molecule has 1 unspecified atom stereocenters. The maximum atomic E-state index is 13.3. The van der Waals surface area contributed by atoms with Gasteiger partial charge < -0.3 is 15.4 Å². The number of benzene rings is 4. The number of para-hydroxylation sites is 1. The Kier molecular flexibility index (Phi) is 8.23. The van der Waals surface area contributed by atoms with Crippen LogP contribution in [0.4, 0.5) is 11.4 Å². The first-order chi connectivity index (χ1) is 17.0. The molecule has 0 saturated heterocycles. The van der Waals surface area contributed by atoms with Gasteiger partial charge in [-0.05, 0) is 70.0 Å². The largest absolute Gasteiger partial charge is 0.497 e. The van der Waals surface area contributed by atoms with E-state index in [0.717, 1.165) is 14.9 Å². The summed E-state index contributed by atoms with van der Waals surface area (Å²) in [5, 5.41) is 5.45. The van der Waals surface area contributed by atoms with Gasteiger partial charge in [0.15, 0.2) is 0 Å². The van der Waals surface area contributed by atoms with Gasteiger partial charge in [0, 0.05) is 20.6 Å². The molecule has 0 bridgehead atoms. The van der Waals surface area contributed by atoms with Gasteiger partial charge in [0.2, 0.25) is 5.91 Å². The van der Waals surface area contributed by atoms with Gasteiger partial charge >= 0.3 is 0 Å². The number of amides is 2. The van der Waals surface area contributed by atoms with E-state index in [1.165, 1.54) is 11.8 Å². The second-order valence-corrected chi connectivity index (χ2v) is 9.62. The van der Waals surface area contributed by atoms with Crippen LogP contribution in [0.1, 0.15) is 21.2 Å². The van der Waals surface area contributed by atoms with Crippen molar-refractivity contribution in [1.29, 1.82) is 0 Å². The molecule has 7 heteroatoms. The Labute approximate surface area is 217 Å². The fourth-order valence-electron chi connectivity index (χ4n) is 3.41. The molecule has 0 radical (unpaired) electrons. The molecule has 1 atom stereocenters. The maximum absolute atomic E-state index is 13.3. The standard InChI is InChI=1S/C28H23BrN2O3S/c1-34-22-13-7-11-20(17-22)27(32)30-21-12-8-14-23(18-21)35-26(19-9-3-2-4-10-19)28(33)31-25-16-6-5-15-24(25)29/h2-18,26H,1H3,(H,30,32)(H,31,33). The number of hydrogen-bond donors (Lipinski definition) is 2. The van der Waals surface area contributed by atoms with Crippen LogP contribution in [0.5, 0.6) is 5.75 Å². The summed E-state index contributed by atoms with van der Waals surface area (Å²) in [6, 6.07) is 31.6. The summed E-state index contributed by atoms with van der Waals surface area (Å²) in [7, 11) is 1.56. The molecule has 0 spiro atoms. The lowest BCUT2D eigenvalue weighted by atomic mass is 10.1. The molecule has 0 heterocycles. The second-order valence-electron chi connectivity index (χ2n) is 7.59. The van der Waals surface area contributed by atoms with Crippen molar-refractivity contribution in [2.24, 2.45) is 0 Å². The summed E-state index contributed by atoms with van der Waals surface area (Å²) in [4.78, 5) is 26.9. The van der Waals surface area contributed by atoms with Gasteiger partial charge in [0.05, 0.1) is 12.8 Å². The molecule has 4 rings (SSSR count). The minimum absolute atomic E-state index is 0.140. The Hall–Kier alpha value is -3.55. The van der Waals surface area contributed by atoms with Crippen molar-refractivity contribution in [2.75, 3.05) is 17.7 Å². The highest BCUT2D eigenvalue weighted by molar-refractivity contribution is 9.10. The second kappa shape index (κ2) is 11.7. The molecule has 0 aliphatic carbocycles. The van der Waals surface area contributed by atoms with E-state index in [1.807, 2.05) is 78.9 Å². The van der Waals surface area contributed by atoms with E-state index in [9.17, 15) is 9.59 Å². The average Bonchev–Trinajstić information content (AvgIpc) is 2.89. The van der Waals surface area contributed by atoms with Crippen molar-refractivity contribution in [3.8, 4) is 5.75 Å². The predicted molar refractivity (Wildman–Crippen MR) is 145 cm³/mol. The molecule has 2 N–H and O–H groups in total. The Morgan fingerprint density at radius 1 is 0.829 bits per heavy atom. The van der Waals surface area contributed by atoms with Crippen molar-refractivity contribution >= 4 is 50.9 Å². The minimum Gasteiger partial charge on any atom is -0.497 e. The number of ether oxygens (including phenoxy) is 1. The predicted octanol–water partition coefficient (Wildman–Crippen LogP) is 7.18. The van der Waals surface area contributed by atoms with E-state index >= 15 is 0 Å². The molecule has 0 saturated carbocycles. The molecule has 4 aromatic carbocycles. The first kappa shape index (κ1) is 24.6. The molecule has 0 aliphatic rings. The molecule has 176 valence electrons. The normalized spacial score (nSPS) is 11.4. The third-order valence-corrected chi connectivity index (χ3v) is 7.09. The van der Waals surface area contributed by atoms with E-state index in [2.05, 4.69) is 26.6 Å². The summed E-state index contributed by atoms with van der Waals surface area (Å²) < 4.78 is 6.02. The van der Waals surface area contributed by atoms with Crippen LogP contribution in [-0.2, 0) is 4.79 Å². The summed E-state index contributed by atoms with van der Waals surface area (Å²) >= 11 is 4.91. The van der Waals surface area contributed by atoms with Crippen molar-refractivity contribution in [1.82, 2.24) is 0 Å². The van der Waals surface area contributed by atoms with Crippen LogP contribution in [0.2, 0.25) is 0 Å². The smallest absolute Gasteiger partial charge is 0.255 e. The third kappa shape index (κ3) is 6.53. The van der Waals surface area contributed by atoms with Gasteiger partial charge in [0.1, 0.15) is 11.0 Å². The fourth-order valence-corrected chi connectivity index (χ4v) is 4.88. The third-order valence-electron chi connectivity index (χ3n) is 5.15. The molecule has 0 aliphatic heterocycles. The van der Waals surface area contributed by atoms with E-state index in [1.54, 1.807) is 31.4 Å². The Morgan fingerprint density at radius 3 is 2.34 bits per heavy atom. The van der Waals surface area contributed by atoms with Gasteiger partial charge in [-0.15, -0.1) is 11.8 Å². The summed E-state index contributed by atoms with van der Waals surface area (Å²) in [6.45, 7) is 0. The number of hydrogen-bond acceptors (Lipinski definition) is 4. The molecule has 5 nitrogen and oxygen atoms in total. The summed E-state index contributed by atoms with van der Waals surface area (Å²) in [5.41, 5.74) is 2.73. The Bertz CT molecular complexity index is 1330. The van der Waals surface area contributed by atoms with Crippen LogP contribution in [0, 0.1) is 0 Å². The zero-order chi connectivity index (χ0) is 24.6. The molecular formula is C28H23BrN2O3S. The molecule has 0 aromatic heterocycles. The SMILES string of the molecule is COc1cccc(C(=O)Nc2cccc(SC(C(=O)Nc3ccccc3Br)c3ccccc3)c2)c1. The van der Waals surface area contributed by atoms with E-state index < -0.39 is 5.25 Å². The fraction of sp³-hybridized carbons (Fsp3) is 0.0714. The van der Waals surface area contributed by atoms with Gasteiger partial charge in [0.25, 0.3) is 5.91 Å². The number of carbonyl (C=O) groups excluding carboxylic acids is 2. The Morgan fingerprint density at radius 2 is 1.57 bits per heavy atom. The number of carbonyl (C=O) groups is 2. The van der Waals surface area contributed by atoms with Crippen LogP contribution in [0.15, 0.2) is 112 Å². The van der Waals surface area contributed by atoms with Crippen LogP contribution < -0.4 is 15.4 Å². The molecule has 4 aromatic rings. The number of thioether (sulfide) groups is 1.